The van der Waals surface area contributed by atoms with Crippen molar-refractivity contribution in [3.8, 4) is 0 Å². The summed E-state index contributed by atoms with van der Waals surface area (Å²) in [6.45, 7) is 0.870. The zero-order valence-electron chi connectivity index (χ0n) is 11.0. The maximum atomic E-state index is 12.4. The van der Waals surface area contributed by atoms with Gasteiger partial charge in [0.2, 0.25) is 0 Å². The Hall–Kier alpha value is -1.87. The minimum atomic E-state index is -1.12. The molecule has 0 radical (unpaired) electrons. The van der Waals surface area contributed by atoms with Crippen LogP contribution in [0.4, 0.5) is 0 Å². The van der Waals surface area contributed by atoms with Crippen molar-refractivity contribution in [2.45, 2.75) is 17.8 Å². The number of morpholine rings is 1. The largest absolute Gasteiger partial charge is 0.479 e. The first-order valence-corrected chi connectivity index (χ1v) is 7.43. The highest BCUT2D eigenvalue weighted by molar-refractivity contribution is 7.99. The Morgan fingerprint density at radius 3 is 3.00 bits per heavy atom. The van der Waals surface area contributed by atoms with Crippen LogP contribution < -0.4 is 5.56 Å². The van der Waals surface area contributed by atoms with Crippen LogP contribution in [0.15, 0.2) is 16.1 Å². The summed E-state index contributed by atoms with van der Waals surface area (Å²) in [4.78, 5) is 41.1. The summed E-state index contributed by atoms with van der Waals surface area (Å²) in [5.74, 6) is -0.847. The number of hydrogen-bond acceptors (Lipinski definition) is 6. The molecule has 1 fully saturated rings. The van der Waals surface area contributed by atoms with Gasteiger partial charge in [0.1, 0.15) is 5.56 Å². The number of carbonyl (C=O) groups is 2. The van der Waals surface area contributed by atoms with Gasteiger partial charge in [0, 0.05) is 25.0 Å². The fraction of sp³-hybridized carbons (Fsp3) is 0.500. The number of ether oxygens (including phenoxy) is 1. The number of aromatic nitrogens is 2. The second-order valence-electron chi connectivity index (χ2n) is 4.71. The summed E-state index contributed by atoms with van der Waals surface area (Å²) in [7, 11) is 0. The highest BCUT2D eigenvalue weighted by atomic mass is 32.2. The van der Waals surface area contributed by atoms with Crippen LogP contribution in [0, 0.1) is 0 Å². The molecule has 0 aromatic carbocycles. The van der Waals surface area contributed by atoms with E-state index in [1.54, 1.807) is 0 Å². The quantitative estimate of drug-likeness (QED) is 0.719. The molecular weight excluding hydrogens is 298 g/mol. The lowest BCUT2D eigenvalue weighted by molar-refractivity contribution is -0.154. The number of hydrogen-bond donors (Lipinski definition) is 1. The number of rotatable bonds is 2. The van der Waals surface area contributed by atoms with Gasteiger partial charge in [-0.3, -0.25) is 14.2 Å². The highest BCUT2D eigenvalue weighted by Crippen LogP contribution is 2.21. The van der Waals surface area contributed by atoms with Crippen LogP contribution in [0.3, 0.4) is 0 Å². The Bertz CT molecular complexity index is 659. The van der Waals surface area contributed by atoms with Gasteiger partial charge in [-0.2, -0.15) is 0 Å². The molecule has 3 rings (SSSR count). The van der Waals surface area contributed by atoms with Crippen LogP contribution in [-0.4, -0.2) is 63.0 Å². The van der Waals surface area contributed by atoms with Gasteiger partial charge < -0.3 is 14.7 Å². The monoisotopic (exact) mass is 311 g/mol. The minimum Gasteiger partial charge on any atom is -0.479 e. The molecule has 8 nitrogen and oxygen atoms in total. The van der Waals surface area contributed by atoms with Gasteiger partial charge >= 0.3 is 5.97 Å². The Balaban J connectivity index is 1.86. The molecule has 2 aliphatic heterocycles. The fourth-order valence-corrected chi connectivity index (χ4v) is 3.23. The number of nitrogens with zero attached hydrogens (tertiary/aromatic N) is 3. The van der Waals surface area contributed by atoms with E-state index in [2.05, 4.69) is 4.98 Å². The van der Waals surface area contributed by atoms with Gasteiger partial charge in [0.25, 0.3) is 11.5 Å². The van der Waals surface area contributed by atoms with E-state index in [4.69, 9.17) is 9.84 Å². The van der Waals surface area contributed by atoms with Crippen molar-refractivity contribution in [1.82, 2.24) is 14.5 Å². The molecule has 0 spiro atoms. The van der Waals surface area contributed by atoms with E-state index >= 15 is 0 Å². The zero-order chi connectivity index (χ0) is 15.0. The smallest absolute Gasteiger partial charge is 0.334 e. The van der Waals surface area contributed by atoms with Gasteiger partial charge in [-0.15, -0.1) is 0 Å². The van der Waals surface area contributed by atoms with E-state index in [1.165, 1.54) is 27.4 Å². The molecule has 0 saturated carbocycles. The lowest BCUT2D eigenvalue weighted by Crippen LogP contribution is -2.49. The van der Waals surface area contributed by atoms with Crippen LogP contribution in [0.1, 0.15) is 10.4 Å². The fourth-order valence-electron chi connectivity index (χ4n) is 2.32. The molecule has 1 saturated heterocycles. The molecular formula is C12H13N3O5S. The zero-order valence-corrected chi connectivity index (χ0v) is 11.8. The third kappa shape index (κ3) is 2.54. The number of fused-ring (bicyclic) bond motifs is 1. The number of amides is 1. The van der Waals surface area contributed by atoms with E-state index in [9.17, 15) is 14.4 Å². The molecule has 1 unspecified atom stereocenters. The summed E-state index contributed by atoms with van der Waals surface area (Å²) >= 11 is 1.47. The highest BCUT2D eigenvalue weighted by Gasteiger charge is 2.31. The molecule has 21 heavy (non-hydrogen) atoms. The average molecular weight is 311 g/mol. The summed E-state index contributed by atoms with van der Waals surface area (Å²) in [5, 5.41) is 9.56. The SMILES string of the molecule is O=C(O)C1CN(C(=O)c2cnc3n(c2=O)CCS3)CCO1. The first-order chi connectivity index (χ1) is 10.1. The van der Waals surface area contributed by atoms with Crippen LogP contribution in [0.5, 0.6) is 0 Å². The van der Waals surface area contributed by atoms with Crippen LogP contribution in [0.2, 0.25) is 0 Å². The van der Waals surface area contributed by atoms with Crippen molar-refractivity contribution in [3.63, 3.8) is 0 Å². The van der Waals surface area contributed by atoms with E-state index in [0.29, 0.717) is 11.7 Å². The molecule has 1 atom stereocenters. The van der Waals surface area contributed by atoms with Gasteiger partial charge in [0.05, 0.1) is 13.2 Å². The molecule has 9 heteroatoms. The Morgan fingerprint density at radius 2 is 2.24 bits per heavy atom. The predicted molar refractivity (Wildman–Crippen MR) is 72.5 cm³/mol. The summed E-state index contributed by atoms with van der Waals surface area (Å²) in [6.07, 6.45) is 0.225. The standard InChI is InChI=1S/C12H13N3O5S/c16-9(14-1-3-20-8(6-14)11(18)19)7-5-13-12-15(10(7)17)2-4-21-12/h5,8H,1-4,6H2,(H,18,19). The normalized spacial score (nSPS) is 21.1. The molecule has 1 amide bonds. The molecule has 1 aromatic heterocycles. The number of carboxylic acid groups (broad SMARTS) is 1. The number of carboxylic acids is 1. The van der Waals surface area contributed by atoms with E-state index in [1.807, 2.05) is 0 Å². The van der Waals surface area contributed by atoms with Gasteiger partial charge in [0.15, 0.2) is 11.3 Å². The van der Waals surface area contributed by atoms with E-state index in [-0.39, 0.29) is 30.8 Å². The molecule has 1 aromatic rings. The van der Waals surface area contributed by atoms with Gasteiger partial charge in [-0.1, -0.05) is 11.8 Å². The molecule has 0 aliphatic carbocycles. The lowest BCUT2D eigenvalue weighted by Gasteiger charge is -2.30. The lowest BCUT2D eigenvalue weighted by atomic mass is 10.2. The van der Waals surface area contributed by atoms with E-state index in [0.717, 1.165) is 5.75 Å². The Morgan fingerprint density at radius 1 is 1.43 bits per heavy atom. The average Bonchev–Trinajstić information content (AvgIpc) is 2.96. The maximum Gasteiger partial charge on any atom is 0.334 e. The van der Waals surface area contributed by atoms with Crippen molar-refractivity contribution in [2.75, 3.05) is 25.4 Å². The summed E-state index contributed by atoms with van der Waals surface area (Å²) < 4.78 is 6.54. The Kier molecular flexibility index (Phi) is 3.68. The third-order valence-electron chi connectivity index (χ3n) is 3.42. The van der Waals surface area contributed by atoms with Crippen molar-refractivity contribution < 1.29 is 19.4 Å². The van der Waals surface area contributed by atoms with Crippen molar-refractivity contribution in [3.05, 3.63) is 22.1 Å². The van der Waals surface area contributed by atoms with Crippen LogP contribution in [-0.2, 0) is 16.1 Å². The molecule has 2 aliphatic rings. The third-order valence-corrected chi connectivity index (χ3v) is 4.39. The minimum absolute atomic E-state index is 0.0210. The molecule has 3 heterocycles. The van der Waals surface area contributed by atoms with Crippen molar-refractivity contribution in [1.29, 1.82) is 0 Å². The van der Waals surface area contributed by atoms with E-state index < -0.39 is 18.0 Å². The summed E-state index contributed by atoms with van der Waals surface area (Å²) in [5.41, 5.74) is -0.388. The van der Waals surface area contributed by atoms with Crippen LogP contribution in [0.25, 0.3) is 0 Å². The first-order valence-electron chi connectivity index (χ1n) is 6.44. The summed E-state index contributed by atoms with van der Waals surface area (Å²) in [6, 6.07) is 0. The molecule has 1 N–H and O–H groups in total. The van der Waals surface area contributed by atoms with Crippen LogP contribution >= 0.6 is 11.8 Å². The van der Waals surface area contributed by atoms with Crippen molar-refractivity contribution in [2.24, 2.45) is 0 Å². The first kappa shape index (κ1) is 14.1. The maximum absolute atomic E-state index is 12.4. The Labute approximate surface area is 123 Å². The molecule has 0 bridgehead atoms. The number of aliphatic carboxylic acids is 1. The van der Waals surface area contributed by atoms with Crippen molar-refractivity contribution >= 4 is 23.6 Å². The predicted octanol–water partition coefficient (Wildman–Crippen LogP) is -0.725. The number of carbonyl (C=O) groups excluding carboxylic acids is 1. The molecule has 112 valence electrons. The number of thioether (sulfide) groups is 1. The second-order valence-corrected chi connectivity index (χ2v) is 5.77. The van der Waals surface area contributed by atoms with Gasteiger partial charge in [-0.05, 0) is 0 Å². The topological polar surface area (TPSA) is 102 Å². The van der Waals surface area contributed by atoms with Gasteiger partial charge in [-0.25, -0.2) is 9.78 Å². The second kappa shape index (κ2) is 5.49.